The number of hydrogen-bond donors (Lipinski definition) is 2. The van der Waals surface area contributed by atoms with Crippen molar-refractivity contribution in [2.45, 2.75) is 53.5 Å². The molecule has 0 heterocycles. The van der Waals surface area contributed by atoms with Crippen molar-refractivity contribution in [2.75, 3.05) is 0 Å². The molecule has 1 amide bonds. The second-order valence-corrected chi connectivity index (χ2v) is 6.68. The van der Waals surface area contributed by atoms with Crippen molar-refractivity contribution in [1.29, 1.82) is 0 Å². The summed E-state index contributed by atoms with van der Waals surface area (Å²) in [6.45, 7) is 10.6. The van der Waals surface area contributed by atoms with Gasteiger partial charge in [-0.2, -0.15) is 0 Å². The van der Waals surface area contributed by atoms with Crippen LogP contribution in [0.1, 0.15) is 47.5 Å². The number of thiocarbonyl (C=S) groups is 1. The summed E-state index contributed by atoms with van der Waals surface area (Å²) in [5.41, 5.74) is 5.69. The molecule has 0 saturated heterocycles. The lowest BCUT2D eigenvalue weighted by molar-refractivity contribution is -0.124. The van der Waals surface area contributed by atoms with Crippen LogP contribution in [-0.4, -0.2) is 16.9 Å². The van der Waals surface area contributed by atoms with E-state index in [-0.39, 0.29) is 28.7 Å². The Morgan fingerprint density at radius 3 is 2.12 bits per heavy atom. The van der Waals surface area contributed by atoms with Gasteiger partial charge in [0.1, 0.15) is 0 Å². The maximum absolute atomic E-state index is 12.2. The van der Waals surface area contributed by atoms with Gasteiger partial charge in [-0.3, -0.25) is 4.79 Å². The molecule has 0 aliphatic heterocycles. The highest BCUT2D eigenvalue weighted by atomic mass is 32.1. The number of hydrogen-bond acceptors (Lipinski definition) is 2. The number of nitrogens with one attached hydrogen (secondary N) is 1. The Labute approximate surface area is 110 Å². The molecule has 0 aromatic rings. The average Bonchev–Trinajstić information content (AvgIpc) is 2.55. The zero-order valence-corrected chi connectivity index (χ0v) is 12.3. The largest absolute Gasteiger partial charge is 0.393 e. The number of nitrogens with two attached hydrogens (primary N) is 1. The molecule has 1 saturated carbocycles. The molecule has 1 unspecified atom stereocenters. The van der Waals surface area contributed by atoms with E-state index in [1.54, 1.807) is 0 Å². The third kappa shape index (κ3) is 2.62. The molecule has 1 atom stereocenters. The molecular weight excluding hydrogens is 232 g/mol. The van der Waals surface area contributed by atoms with Crippen molar-refractivity contribution in [2.24, 2.45) is 22.5 Å². The predicted molar refractivity (Wildman–Crippen MR) is 74.7 cm³/mol. The zero-order valence-electron chi connectivity index (χ0n) is 11.5. The molecule has 4 heteroatoms. The van der Waals surface area contributed by atoms with Crippen molar-refractivity contribution < 1.29 is 4.79 Å². The summed E-state index contributed by atoms with van der Waals surface area (Å²) in [5, 5.41) is 3.06. The summed E-state index contributed by atoms with van der Waals surface area (Å²) in [6.07, 6.45) is 1.45. The Kier molecular flexibility index (Phi) is 3.87. The molecule has 1 aliphatic rings. The summed E-state index contributed by atoms with van der Waals surface area (Å²) < 4.78 is 0. The number of rotatable bonds is 5. The molecule has 98 valence electrons. The number of carbonyl (C=O) groups is 1. The van der Waals surface area contributed by atoms with Gasteiger partial charge in [0, 0.05) is 18.4 Å². The third-order valence-electron chi connectivity index (χ3n) is 4.57. The summed E-state index contributed by atoms with van der Waals surface area (Å²) in [7, 11) is 0. The molecule has 1 rings (SSSR count). The third-order valence-corrected chi connectivity index (χ3v) is 4.74. The lowest BCUT2D eigenvalue weighted by Gasteiger charge is -2.17. The van der Waals surface area contributed by atoms with Gasteiger partial charge in [-0.15, -0.1) is 0 Å². The molecule has 3 nitrogen and oxygen atoms in total. The molecule has 17 heavy (non-hydrogen) atoms. The van der Waals surface area contributed by atoms with Crippen LogP contribution >= 0.6 is 12.2 Å². The van der Waals surface area contributed by atoms with E-state index >= 15 is 0 Å². The Morgan fingerprint density at radius 1 is 1.35 bits per heavy atom. The Bertz CT molecular complexity index is 322. The van der Waals surface area contributed by atoms with Crippen LogP contribution < -0.4 is 11.1 Å². The van der Waals surface area contributed by atoms with E-state index < -0.39 is 0 Å². The quantitative estimate of drug-likeness (QED) is 0.742. The first-order chi connectivity index (χ1) is 7.64. The van der Waals surface area contributed by atoms with Gasteiger partial charge in [0.2, 0.25) is 5.91 Å². The molecular formula is C13H24N2OS. The highest BCUT2D eigenvalue weighted by molar-refractivity contribution is 7.80. The van der Waals surface area contributed by atoms with Gasteiger partial charge in [0.15, 0.2) is 0 Å². The lowest BCUT2D eigenvalue weighted by atomic mass is 10.0. The van der Waals surface area contributed by atoms with E-state index in [2.05, 4.69) is 33.0 Å². The van der Waals surface area contributed by atoms with Gasteiger partial charge < -0.3 is 11.1 Å². The van der Waals surface area contributed by atoms with Crippen LogP contribution in [0.3, 0.4) is 0 Å². The highest BCUT2D eigenvalue weighted by Crippen LogP contribution is 2.68. The van der Waals surface area contributed by atoms with Crippen LogP contribution in [0.2, 0.25) is 0 Å². The van der Waals surface area contributed by atoms with Crippen LogP contribution in [0.5, 0.6) is 0 Å². The second kappa shape index (κ2) is 4.56. The summed E-state index contributed by atoms with van der Waals surface area (Å²) >= 11 is 4.89. The maximum atomic E-state index is 12.2. The molecule has 3 N–H and O–H groups in total. The standard InChI is InChI=1S/C13H24N2OS/c1-6-8(7-9(14)17)15-11(16)10-12(2,3)13(10,4)5/h8,10H,6-7H2,1-5H3,(H2,14,17)(H,15,16). The van der Waals surface area contributed by atoms with E-state index in [0.29, 0.717) is 11.4 Å². The van der Waals surface area contributed by atoms with Crippen molar-refractivity contribution in [1.82, 2.24) is 5.32 Å². The second-order valence-electron chi connectivity index (χ2n) is 6.16. The highest BCUT2D eigenvalue weighted by Gasteiger charge is 2.68. The van der Waals surface area contributed by atoms with Crippen molar-refractivity contribution in [3.63, 3.8) is 0 Å². The van der Waals surface area contributed by atoms with E-state index in [4.69, 9.17) is 18.0 Å². The van der Waals surface area contributed by atoms with Gasteiger partial charge in [0.25, 0.3) is 0 Å². The minimum atomic E-state index is 0.0761. The Hall–Kier alpha value is -0.640. The van der Waals surface area contributed by atoms with Gasteiger partial charge in [-0.1, -0.05) is 46.8 Å². The maximum Gasteiger partial charge on any atom is 0.224 e. The van der Waals surface area contributed by atoms with Crippen LogP contribution in [-0.2, 0) is 4.79 Å². The van der Waals surface area contributed by atoms with Crippen LogP contribution in [0.25, 0.3) is 0 Å². The van der Waals surface area contributed by atoms with E-state index in [9.17, 15) is 4.79 Å². The summed E-state index contributed by atoms with van der Waals surface area (Å²) in [4.78, 5) is 12.7. The molecule has 0 spiro atoms. The number of amides is 1. The minimum absolute atomic E-state index is 0.0761. The van der Waals surface area contributed by atoms with Crippen LogP contribution in [0, 0.1) is 16.7 Å². The van der Waals surface area contributed by atoms with Gasteiger partial charge >= 0.3 is 0 Å². The van der Waals surface area contributed by atoms with E-state index in [1.807, 2.05) is 6.92 Å². The summed E-state index contributed by atoms with van der Waals surface area (Å²) in [6, 6.07) is 0.0761. The first-order valence-corrected chi connectivity index (χ1v) is 6.64. The van der Waals surface area contributed by atoms with Crippen molar-refractivity contribution in [3.8, 4) is 0 Å². The Morgan fingerprint density at radius 2 is 1.82 bits per heavy atom. The number of carbonyl (C=O) groups excluding carboxylic acids is 1. The monoisotopic (exact) mass is 256 g/mol. The topological polar surface area (TPSA) is 55.1 Å². The molecule has 0 radical (unpaired) electrons. The van der Waals surface area contributed by atoms with Crippen LogP contribution in [0.15, 0.2) is 0 Å². The molecule has 1 aliphatic carbocycles. The first kappa shape index (κ1) is 14.4. The molecule has 0 aromatic heterocycles. The van der Waals surface area contributed by atoms with Gasteiger partial charge in [-0.25, -0.2) is 0 Å². The predicted octanol–water partition coefficient (Wildman–Crippen LogP) is 2.24. The van der Waals surface area contributed by atoms with Crippen molar-refractivity contribution in [3.05, 3.63) is 0 Å². The van der Waals surface area contributed by atoms with Gasteiger partial charge in [-0.05, 0) is 17.3 Å². The molecule has 0 bridgehead atoms. The fourth-order valence-corrected chi connectivity index (χ4v) is 2.88. The SMILES string of the molecule is CCC(CC(N)=S)NC(=O)C1C(C)(C)C1(C)C. The zero-order chi connectivity index (χ0) is 13.4. The molecule has 0 aromatic carbocycles. The van der Waals surface area contributed by atoms with Gasteiger partial charge in [0.05, 0.1) is 4.99 Å². The van der Waals surface area contributed by atoms with E-state index in [1.165, 1.54) is 0 Å². The summed E-state index contributed by atoms with van der Waals surface area (Å²) in [5.74, 6) is 0.235. The fourth-order valence-electron chi connectivity index (χ4n) is 2.68. The normalized spacial score (nSPS) is 22.9. The first-order valence-electron chi connectivity index (χ1n) is 6.23. The lowest BCUT2D eigenvalue weighted by Crippen LogP contribution is -2.39. The van der Waals surface area contributed by atoms with Crippen molar-refractivity contribution >= 4 is 23.1 Å². The minimum Gasteiger partial charge on any atom is -0.393 e. The Balaban J connectivity index is 2.59. The van der Waals surface area contributed by atoms with E-state index in [0.717, 1.165) is 6.42 Å². The average molecular weight is 256 g/mol. The van der Waals surface area contributed by atoms with Crippen LogP contribution in [0.4, 0.5) is 0 Å². The smallest absolute Gasteiger partial charge is 0.224 e. The molecule has 1 fully saturated rings. The fraction of sp³-hybridized carbons (Fsp3) is 0.846.